The predicted octanol–water partition coefficient (Wildman–Crippen LogP) is 2.36. The van der Waals surface area contributed by atoms with E-state index in [2.05, 4.69) is 5.32 Å². The maximum absolute atomic E-state index is 12.9. The molecule has 1 aromatic carbocycles. The highest BCUT2D eigenvalue weighted by Crippen LogP contribution is 2.42. The van der Waals surface area contributed by atoms with Crippen LogP contribution in [-0.2, 0) is 9.59 Å². The Balaban J connectivity index is 2.00. The van der Waals surface area contributed by atoms with Gasteiger partial charge in [-0.3, -0.25) is 9.59 Å². The first-order valence-corrected chi connectivity index (χ1v) is 7.27. The van der Waals surface area contributed by atoms with Crippen molar-refractivity contribution in [3.63, 3.8) is 0 Å². The molecule has 0 spiro atoms. The molecule has 20 heavy (non-hydrogen) atoms. The largest absolute Gasteiger partial charge is 0.342 e. The van der Waals surface area contributed by atoms with Crippen LogP contribution in [0.25, 0.3) is 0 Å². The van der Waals surface area contributed by atoms with Crippen LogP contribution in [-0.4, -0.2) is 23.9 Å². The van der Waals surface area contributed by atoms with Gasteiger partial charge < -0.3 is 10.2 Å². The van der Waals surface area contributed by atoms with Crippen molar-refractivity contribution in [1.29, 1.82) is 0 Å². The molecule has 1 heterocycles. The maximum Gasteiger partial charge on any atom is 0.252 e. The molecule has 5 heteroatoms. The molecule has 4 nitrogen and oxygen atoms in total. The first kappa shape index (κ1) is 13.4. The van der Waals surface area contributed by atoms with Crippen LogP contribution in [0.5, 0.6) is 0 Å². The molecule has 1 aromatic rings. The standard InChI is InChI=1S/C15H17ClN2O2/c1-15(10-6-7-10)14(20)18(9-8-13(19)17-15)12-5-3-2-4-11(12)16/h2-5,10H,6-9H2,1H3,(H,17,19). The van der Waals surface area contributed by atoms with Gasteiger partial charge in [0.1, 0.15) is 5.54 Å². The summed E-state index contributed by atoms with van der Waals surface area (Å²) >= 11 is 6.20. The van der Waals surface area contributed by atoms with Crippen molar-refractivity contribution in [2.45, 2.75) is 31.7 Å². The Labute approximate surface area is 123 Å². The molecule has 2 fully saturated rings. The van der Waals surface area contributed by atoms with Crippen LogP contribution in [0.4, 0.5) is 5.69 Å². The third kappa shape index (κ3) is 2.18. The van der Waals surface area contributed by atoms with Gasteiger partial charge in [0.2, 0.25) is 5.91 Å². The van der Waals surface area contributed by atoms with E-state index in [9.17, 15) is 9.59 Å². The zero-order valence-electron chi connectivity index (χ0n) is 11.4. The lowest BCUT2D eigenvalue weighted by atomic mass is 9.94. The first-order chi connectivity index (χ1) is 9.52. The Morgan fingerprint density at radius 1 is 1.30 bits per heavy atom. The van der Waals surface area contributed by atoms with Crippen LogP contribution in [0, 0.1) is 5.92 Å². The molecule has 1 aliphatic heterocycles. The highest BCUT2D eigenvalue weighted by molar-refractivity contribution is 6.34. The van der Waals surface area contributed by atoms with Crippen LogP contribution in [0.1, 0.15) is 26.2 Å². The van der Waals surface area contributed by atoms with Crippen molar-refractivity contribution >= 4 is 29.1 Å². The van der Waals surface area contributed by atoms with Crippen LogP contribution in [0.2, 0.25) is 5.02 Å². The molecule has 1 N–H and O–H groups in total. The predicted molar refractivity (Wildman–Crippen MR) is 77.7 cm³/mol. The Hall–Kier alpha value is -1.55. The quantitative estimate of drug-likeness (QED) is 0.910. The van der Waals surface area contributed by atoms with E-state index >= 15 is 0 Å². The van der Waals surface area contributed by atoms with Gasteiger partial charge in [-0.1, -0.05) is 23.7 Å². The van der Waals surface area contributed by atoms with Gasteiger partial charge in [-0.15, -0.1) is 0 Å². The summed E-state index contributed by atoms with van der Waals surface area (Å²) in [5.74, 6) is 0.114. The number of halogens is 1. The zero-order valence-corrected chi connectivity index (χ0v) is 12.1. The number of hydrogen-bond acceptors (Lipinski definition) is 2. The Morgan fingerprint density at radius 3 is 2.65 bits per heavy atom. The summed E-state index contributed by atoms with van der Waals surface area (Å²) in [4.78, 5) is 26.5. The fraction of sp³-hybridized carbons (Fsp3) is 0.467. The lowest BCUT2D eigenvalue weighted by molar-refractivity contribution is -0.130. The molecule has 0 radical (unpaired) electrons. The zero-order chi connectivity index (χ0) is 14.3. The molecular formula is C15H17ClN2O2. The van der Waals surface area contributed by atoms with E-state index in [1.54, 1.807) is 11.0 Å². The number of carbonyl (C=O) groups excluding carboxylic acids is 2. The van der Waals surface area contributed by atoms with Gasteiger partial charge in [0.25, 0.3) is 5.91 Å². The lowest BCUT2D eigenvalue weighted by Crippen LogP contribution is -2.57. The van der Waals surface area contributed by atoms with Gasteiger partial charge in [0.05, 0.1) is 10.7 Å². The summed E-state index contributed by atoms with van der Waals surface area (Å²) in [7, 11) is 0. The molecule has 0 bridgehead atoms. The average Bonchev–Trinajstić information content (AvgIpc) is 3.24. The van der Waals surface area contributed by atoms with Crippen molar-refractivity contribution in [3.8, 4) is 0 Å². The van der Waals surface area contributed by atoms with Gasteiger partial charge in [0.15, 0.2) is 0 Å². The number of nitrogens with one attached hydrogen (secondary N) is 1. The normalized spacial score (nSPS) is 27.2. The lowest BCUT2D eigenvalue weighted by Gasteiger charge is -2.32. The van der Waals surface area contributed by atoms with E-state index in [0.717, 1.165) is 12.8 Å². The second-order valence-corrected chi connectivity index (χ2v) is 6.09. The highest BCUT2D eigenvalue weighted by Gasteiger charge is 2.51. The number of benzene rings is 1. The van der Waals surface area contributed by atoms with Crippen molar-refractivity contribution < 1.29 is 9.59 Å². The van der Waals surface area contributed by atoms with E-state index in [1.807, 2.05) is 25.1 Å². The van der Waals surface area contributed by atoms with Crippen molar-refractivity contribution in [2.24, 2.45) is 5.92 Å². The Kier molecular flexibility index (Phi) is 3.21. The SMILES string of the molecule is CC1(C2CC2)NC(=O)CCN(c2ccccc2Cl)C1=O. The highest BCUT2D eigenvalue weighted by atomic mass is 35.5. The summed E-state index contributed by atoms with van der Waals surface area (Å²) in [6.45, 7) is 2.21. The van der Waals surface area contributed by atoms with Crippen molar-refractivity contribution in [3.05, 3.63) is 29.3 Å². The fourth-order valence-corrected chi connectivity index (χ4v) is 3.08. The second kappa shape index (κ2) is 4.77. The van der Waals surface area contributed by atoms with E-state index in [1.165, 1.54) is 0 Å². The third-order valence-electron chi connectivity index (χ3n) is 4.19. The van der Waals surface area contributed by atoms with Crippen LogP contribution in [0.15, 0.2) is 24.3 Å². The summed E-state index contributed by atoms with van der Waals surface area (Å²) in [5.41, 5.74) is -0.116. The fourth-order valence-electron chi connectivity index (χ4n) is 2.84. The molecular weight excluding hydrogens is 276 g/mol. The maximum atomic E-state index is 12.9. The molecule has 106 valence electrons. The summed E-state index contributed by atoms with van der Waals surface area (Å²) < 4.78 is 0. The van der Waals surface area contributed by atoms with Crippen molar-refractivity contribution in [2.75, 3.05) is 11.4 Å². The molecule has 2 amide bonds. The molecule has 1 saturated carbocycles. The van der Waals surface area contributed by atoms with E-state index in [4.69, 9.17) is 11.6 Å². The number of para-hydroxylation sites is 1. The molecule has 2 aliphatic rings. The van der Waals surface area contributed by atoms with Crippen LogP contribution in [0.3, 0.4) is 0 Å². The van der Waals surface area contributed by atoms with Gasteiger partial charge in [-0.2, -0.15) is 0 Å². The average molecular weight is 293 g/mol. The van der Waals surface area contributed by atoms with Gasteiger partial charge in [-0.25, -0.2) is 0 Å². The minimum absolute atomic E-state index is 0.0565. The number of carbonyl (C=O) groups is 2. The molecule has 3 rings (SSSR count). The number of nitrogens with zero attached hydrogens (tertiary/aromatic N) is 1. The molecule has 1 unspecified atom stereocenters. The summed E-state index contributed by atoms with van der Waals surface area (Å²) in [5, 5.41) is 3.45. The summed E-state index contributed by atoms with van der Waals surface area (Å²) in [6, 6.07) is 7.27. The minimum atomic E-state index is -0.799. The topological polar surface area (TPSA) is 49.4 Å². The molecule has 1 saturated heterocycles. The second-order valence-electron chi connectivity index (χ2n) is 5.68. The smallest absolute Gasteiger partial charge is 0.252 e. The number of anilines is 1. The van der Waals surface area contributed by atoms with E-state index in [0.29, 0.717) is 23.7 Å². The van der Waals surface area contributed by atoms with E-state index in [-0.39, 0.29) is 17.7 Å². The summed E-state index contributed by atoms with van der Waals surface area (Å²) in [6.07, 6.45) is 2.27. The molecule has 1 atom stereocenters. The minimum Gasteiger partial charge on any atom is -0.342 e. The third-order valence-corrected chi connectivity index (χ3v) is 4.51. The van der Waals surface area contributed by atoms with Gasteiger partial charge in [0, 0.05) is 13.0 Å². The monoisotopic (exact) mass is 292 g/mol. The Bertz CT molecular complexity index is 571. The number of hydrogen-bond donors (Lipinski definition) is 1. The number of amides is 2. The Morgan fingerprint density at radius 2 is 2.00 bits per heavy atom. The van der Waals surface area contributed by atoms with Crippen LogP contribution < -0.4 is 10.2 Å². The molecule has 1 aliphatic carbocycles. The first-order valence-electron chi connectivity index (χ1n) is 6.90. The van der Waals surface area contributed by atoms with Crippen LogP contribution >= 0.6 is 11.6 Å². The van der Waals surface area contributed by atoms with Gasteiger partial charge in [-0.05, 0) is 37.8 Å². The van der Waals surface area contributed by atoms with Crippen molar-refractivity contribution in [1.82, 2.24) is 5.32 Å². The van der Waals surface area contributed by atoms with E-state index < -0.39 is 5.54 Å². The number of rotatable bonds is 2. The van der Waals surface area contributed by atoms with Gasteiger partial charge >= 0.3 is 0 Å². The molecule has 0 aromatic heterocycles.